The highest BCUT2D eigenvalue weighted by Crippen LogP contribution is 2.22. The zero-order valence-corrected chi connectivity index (χ0v) is 19.3. The molecule has 0 saturated heterocycles. The first-order valence-corrected chi connectivity index (χ1v) is 11.1. The van der Waals surface area contributed by atoms with Crippen LogP contribution in [0.3, 0.4) is 0 Å². The molecule has 0 bridgehead atoms. The van der Waals surface area contributed by atoms with Gasteiger partial charge in [0.1, 0.15) is 5.82 Å². The van der Waals surface area contributed by atoms with Crippen LogP contribution < -0.4 is 10.8 Å². The second-order valence-corrected chi connectivity index (χ2v) is 8.80. The first-order valence-electron chi connectivity index (χ1n) is 11.1. The Kier molecular flexibility index (Phi) is 9.59. The van der Waals surface area contributed by atoms with Crippen molar-refractivity contribution in [1.29, 1.82) is 0 Å². The van der Waals surface area contributed by atoms with E-state index in [2.05, 4.69) is 57.1 Å². The number of aryl methyl sites for hydroxylation is 2. The molecule has 1 aromatic carbocycles. The highest BCUT2D eigenvalue weighted by Gasteiger charge is 2.20. The van der Waals surface area contributed by atoms with Gasteiger partial charge < -0.3 is 5.32 Å². The lowest BCUT2D eigenvalue weighted by molar-refractivity contribution is -0.133. The lowest BCUT2D eigenvalue weighted by atomic mass is 9.90. The highest BCUT2D eigenvalue weighted by atomic mass is 19.1. The zero-order chi connectivity index (χ0) is 23.0. The van der Waals surface area contributed by atoms with Crippen molar-refractivity contribution in [3.05, 3.63) is 64.2 Å². The van der Waals surface area contributed by atoms with Crippen LogP contribution >= 0.6 is 0 Å². The molecule has 0 fully saturated rings. The van der Waals surface area contributed by atoms with Crippen LogP contribution in [0.25, 0.3) is 0 Å². The number of hydroxylamine groups is 1. The summed E-state index contributed by atoms with van der Waals surface area (Å²) in [4.78, 5) is 16.4. The summed E-state index contributed by atoms with van der Waals surface area (Å²) in [5, 5.41) is 12.7. The van der Waals surface area contributed by atoms with Gasteiger partial charge in [-0.3, -0.25) is 15.0 Å². The number of nitrogens with zero attached hydrogens (tertiary/aromatic N) is 1. The second-order valence-electron chi connectivity index (χ2n) is 8.80. The molecular weight excluding hydrogens is 393 g/mol. The molecule has 5 nitrogen and oxygen atoms in total. The molecule has 2 aromatic rings. The number of aromatic nitrogens is 1. The van der Waals surface area contributed by atoms with E-state index >= 15 is 0 Å². The van der Waals surface area contributed by atoms with Crippen molar-refractivity contribution in [1.82, 2.24) is 15.8 Å². The number of amides is 1. The molecule has 0 radical (unpaired) electrons. The molecule has 0 unspecified atom stereocenters. The van der Waals surface area contributed by atoms with E-state index < -0.39 is 0 Å². The van der Waals surface area contributed by atoms with E-state index in [-0.39, 0.29) is 23.7 Å². The number of pyridine rings is 1. The summed E-state index contributed by atoms with van der Waals surface area (Å²) in [5.74, 6) is -0.622. The van der Waals surface area contributed by atoms with Crippen LogP contribution in [0.5, 0.6) is 0 Å². The van der Waals surface area contributed by atoms with E-state index in [4.69, 9.17) is 0 Å². The van der Waals surface area contributed by atoms with Crippen molar-refractivity contribution in [2.75, 3.05) is 6.54 Å². The fourth-order valence-electron chi connectivity index (χ4n) is 3.97. The van der Waals surface area contributed by atoms with Gasteiger partial charge >= 0.3 is 0 Å². The topological polar surface area (TPSA) is 74.2 Å². The molecule has 2 atom stereocenters. The molecule has 0 spiro atoms. The molecule has 0 saturated carbocycles. The summed E-state index contributed by atoms with van der Waals surface area (Å²) in [6, 6.07) is 7.47. The Hall–Kier alpha value is -2.31. The Bertz CT molecular complexity index is 829. The summed E-state index contributed by atoms with van der Waals surface area (Å²) < 4.78 is 13.2. The van der Waals surface area contributed by atoms with Gasteiger partial charge in [-0.25, -0.2) is 9.87 Å². The molecular formula is C25H36FN3O2. The van der Waals surface area contributed by atoms with Gasteiger partial charge in [-0.1, -0.05) is 32.4 Å². The summed E-state index contributed by atoms with van der Waals surface area (Å²) in [5.41, 5.74) is 7.49. The number of hydrogen-bond donors (Lipinski definition) is 3. The third kappa shape index (κ3) is 7.40. The zero-order valence-electron chi connectivity index (χ0n) is 19.3. The minimum absolute atomic E-state index is 0.0515. The van der Waals surface area contributed by atoms with Crippen LogP contribution in [-0.4, -0.2) is 22.6 Å². The molecule has 1 amide bonds. The quantitative estimate of drug-likeness (QED) is 0.268. The molecule has 0 aliphatic rings. The largest absolute Gasteiger partial charge is 0.308 e. The number of unbranched alkanes of at least 4 members (excludes halogenated alkanes) is 1. The molecule has 3 N–H and O–H groups in total. The number of hydrogen-bond acceptors (Lipinski definition) is 4. The Morgan fingerprint density at radius 1 is 1.13 bits per heavy atom. The normalized spacial score (nSPS) is 13.3. The van der Waals surface area contributed by atoms with Crippen LogP contribution in [0.15, 0.2) is 30.5 Å². The van der Waals surface area contributed by atoms with Crippen LogP contribution in [0.1, 0.15) is 67.1 Å². The summed E-state index contributed by atoms with van der Waals surface area (Å²) in [6.07, 6.45) is 4.30. The van der Waals surface area contributed by atoms with Crippen molar-refractivity contribution in [3.63, 3.8) is 0 Å². The SMILES string of the molecule is Cc1cc(C[C@H](CCCCN[C@H](c2ccc(F)cn2)C(C)C)C(=O)NO)cc(C)c1C. The fourth-order valence-corrected chi connectivity index (χ4v) is 3.97. The molecule has 6 heteroatoms. The van der Waals surface area contributed by atoms with Gasteiger partial charge in [-0.2, -0.15) is 0 Å². The first-order chi connectivity index (χ1) is 14.7. The maximum Gasteiger partial charge on any atom is 0.246 e. The Balaban J connectivity index is 1.89. The van der Waals surface area contributed by atoms with Crippen LogP contribution in [-0.2, 0) is 11.2 Å². The van der Waals surface area contributed by atoms with Crippen LogP contribution in [0.4, 0.5) is 4.39 Å². The maximum atomic E-state index is 13.2. The molecule has 1 heterocycles. The number of carbonyl (C=O) groups is 1. The van der Waals surface area contributed by atoms with Gasteiger partial charge in [0, 0.05) is 5.92 Å². The van der Waals surface area contributed by atoms with E-state index in [1.54, 1.807) is 6.07 Å². The van der Waals surface area contributed by atoms with E-state index in [9.17, 15) is 14.4 Å². The van der Waals surface area contributed by atoms with Crippen LogP contribution in [0, 0.1) is 38.4 Å². The van der Waals surface area contributed by atoms with Gasteiger partial charge in [0.05, 0.1) is 17.9 Å². The number of rotatable bonds is 11. The van der Waals surface area contributed by atoms with E-state index in [0.29, 0.717) is 18.8 Å². The number of halogens is 1. The van der Waals surface area contributed by atoms with Crippen molar-refractivity contribution in [2.45, 2.75) is 66.3 Å². The Labute approximate surface area is 185 Å². The molecule has 31 heavy (non-hydrogen) atoms. The van der Waals surface area contributed by atoms with Gasteiger partial charge in [0.15, 0.2) is 0 Å². The maximum absolute atomic E-state index is 13.2. The predicted molar refractivity (Wildman–Crippen MR) is 121 cm³/mol. The number of nitrogens with one attached hydrogen (secondary N) is 2. The predicted octanol–water partition coefficient (Wildman–Crippen LogP) is 4.97. The van der Waals surface area contributed by atoms with E-state index in [1.807, 2.05) is 5.48 Å². The highest BCUT2D eigenvalue weighted by molar-refractivity contribution is 5.77. The minimum atomic E-state index is -0.335. The molecule has 2 rings (SSSR count). The van der Waals surface area contributed by atoms with Crippen LogP contribution in [0.2, 0.25) is 0 Å². The third-order valence-corrected chi connectivity index (χ3v) is 6.03. The molecule has 0 aliphatic heterocycles. The standard InChI is InChI=1S/C25H36FN3O2/c1-16(2)24(23-10-9-22(26)15-28-23)27-11-7-6-8-21(25(30)29-31)14-20-12-17(3)19(5)18(4)13-20/h9-10,12-13,15-16,21,24,27,31H,6-8,11,14H2,1-5H3,(H,29,30)/t21-,24-/m0/s1. The van der Waals surface area contributed by atoms with Gasteiger partial charge in [-0.15, -0.1) is 0 Å². The van der Waals surface area contributed by atoms with Gasteiger partial charge in [0.25, 0.3) is 0 Å². The fraction of sp³-hybridized carbons (Fsp3) is 0.520. The summed E-state index contributed by atoms with van der Waals surface area (Å²) >= 11 is 0. The van der Waals surface area contributed by atoms with E-state index in [0.717, 1.165) is 30.6 Å². The van der Waals surface area contributed by atoms with Crippen molar-refractivity contribution >= 4 is 5.91 Å². The lowest BCUT2D eigenvalue weighted by Gasteiger charge is -2.22. The van der Waals surface area contributed by atoms with Gasteiger partial charge in [-0.05, 0) is 86.9 Å². The smallest absolute Gasteiger partial charge is 0.246 e. The average molecular weight is 430 g/mol. The van der Waals surface area contributed by atoms with Crippen molar-refractivity contribution in [3.8, 4) is 0 Å². The second kappa shape index (κ2) is 11.9. The summed E-state index contributed by atoms with van der Waals surface area (Å²) in [7, 11) is 0. The van der Waals surface area contributed by atoms with Gasteiger partial charge in [0.2, 0.25) is 5.91 Å². The van der Waals surface area contributed by atoms with Crippen molar-refractivity contribution < 1.29 is 14.4 Å². The Morgan fingerprint density at radius 3 is 2.35 bits per heavy atom. The first kappa shape index (κ1) is 25.0. The third-order valence-electron chi connectivity index (χ3n) is 6.03. The number of carbonyl (C=O) groups excluding carboxylic acids is 1. The molecule has 170 valence electrons. The minimum Gasteiger partial charge on any atom is -0.308 e. The molecule has 1 aromatic heterocycles. The molecule has 0 aliphatic carbocycles. The van der Waals surface area contributed by atoms with E-state index in [1.165, 1.54) is 29.0 Å². The van der Waals surface area contributed by atoms with Crippen molar-refractivity contribution in [2.24, 2.45) is 11.8 Å². The Morgan fingerprint density at radius 2 is 1.81 bits per heavy atom. The monoisotopic (exact) mass is 429 g/mol. The number of benzene rings is 1. The average Bonchev–Trinajstić information content (AvgIpc) is 2.73. The lowest BCUT2D eigenvalue weighted by Crippen LogP contribution is -2.30. The summed E-state index contributed by atoms with van der Waals surface area (Å²) in [6.45, 7) is 11.3.